The number of amides is 1. The van der Waals surface area contributed by atoms with Crippen LogP contribution in [0.5, 0.6) is 5.75 Å². The van der Waals surface area contributed by atoms with E-state index in [9.17, 15) is 13.2 Å². The highest BCUT2D eigenvalue weighted by molar-refractivity contribution is 7.87. The van der Waals surface area contributed by atoms with Crippen LogP contribution in [-0.4, -0.2) is 31.0 Å². The zero-order chi connectivity index (χ0) is 19.3. The van der Waals surface area contributed by atoms with Crippen molar-refractivity contribution in [1.82, 2.24) is 4.90 Å². The molecule has 8 heteroatoms. The van der Waals surface area contributed by atoms with Crippen molar-refractivity contribution in [2.45, 2.75) is 39.8 Å². The van der Waals surface area contributed by atoms with Crippen LogP contribution in [0.15, 0.2) is 35.7 Å². The van der Waals surface area contributed by atoms with Crippen LogP contribution in [0, 0.1) is 0 Å². The molecule has 0 aliphatic heterocycles. The lowest BCUT2D eigenvalue weighted by Crippen LogP contribution is -2.37. The molecule has 0 aliphatic carbocycles. The topological polar surface area (TPSA) is 63.7 Å². The molecule has 1 aromatic heterocycles. The summed E-state index contributed by atoms with van der Waals surface area (Å²) in [5.74, 6) is -0.0414. The van der Waals surface area contributed by atoms with Gasteiger partial charge in [-0.1, -0.05) is 24.6 Å². The van der Waals surface area contributed by atoms with E-state index in [4.69, 9.17) is 15.8 Å². The van der Waals surface area contributed by atoms with Gasteiger partial charge < -0.3 is 9.08 Å². The third-order valence-corrected chi connectivity index (χ3v) is 6.28. The molecule has 0 unspecified atom stereocenters. The highest BCUT2D eigenvalue weighted by Gasteiger charge is 2.24. The Morgan fingerprint density at radius 2 is 2.04 bits per heavy atom. The molecule has 0 bridgehead atoms. The van der Waals surface area contributed by atoms with Gasteiger partial charge in [-0.05, 0) is 49.9 Å². The van der Waals surface area contributed by atoms with Gasteiger partial charge in [-0.3, -0.25) is 4.79 Å². The molecule has 0 saturated carbocycles. The lowest BCUT2D eigenvalue weighted by molar-refractivity contribution is 0.0676. The minimum absolute atomic E-state index is 0.0285. The first-order chi connectivity index (χ1) is 12.3. The van der Waals surface area contributed by atoms with E-state index in [1.807, 2.05) is 25.3 Å². The van der Waals surface area contributed by atoms with Gasteiger partial charge in [0.05, 0.1) is 17.2 Å². The Morgan fingerprint density at radius 1 is 1.31 bits per heavy atom. The van der Waals surface area contributed by atoms with E-state index in [1.165, 1.54) is 24.3 Å². The molecule has 0 fully saturated rings. The average Bonchev–Trinajstić information content (AvgIpc) is 3.15. The van der Waals surface area contributed by atoms with Crippen LogP contribution in [-0.2, 0) is 16.7 Å². The Hall–Kier alpha value is -1.57. The number of rotatable bonds is 8. The summed E-state index contributed by atoms with van der Waals surface area (Å²) in [5, 5.41) is 2.30. The van der Waals surface area contributed by atoms with E-state index in [1.54, 1.807) is 23.1 Å². The molecule has 142 valence electrons. The Kier molecular flexibility index (Phi) is 7.08. The van der Waals surface area contributed by atoms with Crippen molar-refractivity contribution in [3.05, 3.63) is 51.2 Å². The number of carbonyl (C=O) groups is 1. The standard InChI is InChI=1S/C18H22ClNO4S2/c1-4-13(3)20(18(21)17-7-6-10-25-17)12-14-11-15(19)8-9-16(14)24-26(22,23)5-2/h6-11,13H,4-5,12H2,1-3H3/t13-/m0/s1. The van der Waals surface area contributed by atoms with Gasteiger partial charge in [0.1, 0.15) is 5.75 Å². The Bertz CT molecular complexity index is 850. The molecule has 1 heterocycles. The van der Waals surface area contributed by atoms with Gasteiger partial charge in [-0.15, -0.1) is 11.3 Å². The first-order valence-electron chi connectivity index (χ1n) is 8.32. The summed E-state index contributed by atoms with van der Waals surface area (Å²) in [4.78, 5) is 15.2. The van der Waals surface area contributed by atoms with Crippen LogP contribution >= 0.6 is 22.9 Å². The van der Waals surface area contributed by atoms with Gasteiger partial charge in [0.2, 0.25) is 0 Å². The van der Waals surface area contributed by atoms with Crippen molar-refractivity contribution < 1.29 is 17.4 Å². The molecule has 1 aromatic carbocycles. The molecular weight excluding hydrogens is 394 g/mol. The summed E-state index contributed by atoms with van der Waals surface area (Å²) in [7, 11) is -3.68. The van der Waals surface area contributed by atoms with Crippen molar-refractivity contribution in [2.75, 3.05) is 5.75 Å². The van der Waals surface area contributed by atoms with Crippen LogP contribution in [0.3, 0.4) is 0 Å². The highest BCUT2D eigenvalue weighted by atomic mass is 35.5. The maximum absolute atomic E-state index is 12.9. The second-order valence-electron chi connectivity index (χ2n) is 5.85. The van der Waals surface area contributed by atoms with Gasteiger partial charge in [0.25, 0.3) is 5.91 Å². The van der Waals surface area contributed by atoms with Crippen LogP contribution in [0.4, 0.5) is 0 Å². The Morgan fingerprint density at radius 3 is 2.62 bits per heavy atom. The molecule has 1 atom stereocenters. The smallest absolute Gasteiger partial charge is 0.308 e. The summed E-state index contributed by atoms with van der Waals surface area (Å²) in [6, 6.07) is 8.31. The van der Waals surface area contributed by atoms with E-state index in [-0.39, 0.29) is 30.0 Å². The third-order valence-electron chi connectivity index (χ3n) is 4.05. The minimum atomic E-state index is -3.68. The van der Waals surface area contributed by atoms with E-state index in [2.05, 4.69) is 0 Å². The Balaban J connectivity index is 2.38. The zero-order valence-electron chi connectivity index (χ0n) is 14.9. The van der Waals surface area contributed by atoms with Crippen molar-refractivity contribution in [2.24, 2.45) is 0 Å². The highest BCUT2D eigenvalue weighted by Crippen LogP contribution is 2.28. The summed E-state index contributed by atoms with van der Waals surface area (Å²) in [5.41, 5.74) is 0.555. The molecule has 26 heavy (non-hydrogen) atoms. The summed E-state index contributed by atoms with van der Waals surface area (Å²) in [6.45, 7) is 5.67. The molecule has 0 saturated heterocycles. The van der Waals surface area contributed by atoms with Crippen LogP contribution in [0.25, 0.3) is 0 Å². The second kappa shape index (κ2) is 8.88. The number of halogens is 1. The lowest BCUT2D eigenvalue weighted by Gasteiger charge is -2.29. The first-order valence-corrected chi connectivity index (χ1v) is 11.2. The molecule has 2 rings (SSSR count). The number of benzene rings is 1. The average molecular weight is 416 g/mol. The number of hydrogen-bond acceptors (Lipinski definition) is 5. The van der Waals surface area contributed by atoms with Crippen molar-refractivity contribution in [3.63, 3.8) is 0 Å². The van der Waals surface area contributed by atoms with E-state index < -0.39 is 10.1 Å². The maximum Gasteiger partial charge on any atom is 0.308 e. The summed E-state index contributed by atoms with van der Waals surface area (Å²) in [6.07, 6.45) is 0.765. The molecule has 0 spiro atoms. The van der Waals surface area contributed by atoms with Crippen LogP contribution in [0.1, 0.15) is 42.4 Å². The Labute approximate surface area is 163 Å². The largest absolute Gasteiger partial charge is 0.382 e. The van der Waals surface area contributed by atoms with E-state index in [0.29, 0.717) is 15.5 Å². The summed E-state index contributed by atoms with van der Waals surface area (Å²) < 4.78 is 28.9. The normalized spacial score (nSPS) is 12.6. The minimum Gasteiger partial charge on any atom is -0.382 e. The van der Waals surface area contributed by atoms with Crippen LogP contribution in [0.2, 0.25) is 5.02 Å². The predicted molar refractivity (Wildman–Crippen MR) is 105 cm³/mol. The molecule has 0 radical (unpaired) electrons. The predicted octanol–water partition coefficient (Wildman–Crippen LogP) is 4.57. The fourth-order valence-electron chi connectivity index (χ4n) is 2.32. The van der Waals surface area contributed by atoms with Gasteiger partial charge in [-0.25, -0.2) is 0 Å². The monoisotopic (exact) mass is 415 g/mol. The van der Waals surface area contributed by atoms with Crippen LogP contribution < -0.4 is 4.18 Å². The molecule has 5 nitrogen and oxygen atoms in total. The van der Waals surface area contributed by atoms with E-state index >= 15 is 0 Å². The number of thiophene rings is 1. The SMILES string of the molecule is CC[C@H](C)N(Cc1cc(Cl)ccc1OS(=O)(=O)CC)C(=O)c1cccs1. The number of carbonyl (C=O) groups excluding carboxylic acids is 1. The fraction of sp³-hybridized carbons (Fsp3) is 0.389. The van der Waals surface area contributed by atoms with Crippen molar-refractivity contribution in [1.29, 1.82) is 0 Å². The second-order valence-corrected chi connectivity index (χ2v) is 9.09. The molecule has 1 amide bonds. The molecular formula is C18H22ClNO4S2. The maximum atomic E-state index is 12.9. The third kappa shape index (κ3) is 5.22. The fourth-order valence-corrected chi connectivity index (χ4v) is 3.75. The van der Waals surface area contributed by atoms with Gasteiger partial charge >= 0.3 is 10.1 Å². The number of nitrogens with zero attached hydrogens (tertiary/aromatic N) is 1. The number of hydrogen-bond donors (Lipinski definition) is 0. The van der Waals surface area contributed by atoms with Crippen molar-refractivity contribution >= 4 is 39.0 Å². The van der Waals surface area contributed by atoms with Gasteiger partial charge in [-0.2, -0.15) is 8.42 Å². The summed E-state index contributed by atoms with van der Waals surface area (Å²) >= 11 is 7.47. The van der Waals surface area contributed by atoms with Gasteiger partial charge in [0, 0.05) is 16.6 Å². The first kappa shape index (κ1) is 20.7. The van der Waals surface area contributed by atoms with E-state index in [0.717, 1.165) is 6.42 Å². The lowest BCUT2D eigenvalue weighted by atomic mass is 10.1. The van der Waals surface area contributed by atoms with Crippen molar-refractivity contribution in [3.8, 4) is 5.75 Å². The zero-order valence-corrected chi connectivity index (χ0v) is 17.3. The molecule has 0 N–H and O–H groups in total. The molecule has 0 aliphatic rings. The molecule has 2 aromatic rings. The quantitative estimate of drug-likeness (QED) is 0.592. The van der Waals surface area contributed by atoms with Gasteiger partial charge in [0.15, 0.2) is 0 Å².